The number of hydrogen-bond acceptors (Lipinski definition) is 2. The number of nitrogens with zero attached hydrogens (tertiary/aromatic N) is 2. The van der Waals surface area contributed by atoms with Gasteiger partial charge in [-0.3, -0.25) is 9.36 Å². The zero-order valence-corrected chi connectivity index (χ0v) is 11.1. The highest BCUT2D eigenvalue weighted by Gasteiger charge is 2.04. The van der Waals surface area contributed by atoms with Crippen molar-refractivity contribution in [3.63, 3.8) is 0 Å². The molecule has 2 aromatic heterocycles. The van der Waals surface area contributed by atoms with Crippen LogP contribution < -0.4 is 5.56 Å². The molecule has 0 fully saturated rings. The van der Waals surface area contributed by atoms with Gasteiger partial charge in [0.1, 0.15) is 5.65 Å². The van der Waals surface area contributed by atoms with Crippen LogP contribution in [0.25, 0.3) is 11.0 Å². The largest absolute Gasteiger partial charge is 0.293 e. The predicted octanol–water partition coefficient (Wildman–Crippen LogP) is 3.29. The van der Waals surface area contributed by atoms with E-state index in [1.807, 2.05) is 19.2 Å². The molecule has 0 radical (unpaired) electrons. The Hall–Kier alpha value is -1.64. The standard InChI is InChI=1S/C15H20N2O/c1-3-4-5-6-9-17-14(18)8-7-13-10-12(2)11-16-15(13)17/h7-8,10-11H,3-6,9H2,1-2H3. The summed E-state index contributed by atoms with van der Waals surface area (Å²) >= 11 is 0. The van der Waals surface area contributed by atoms with E-state index in [4.69, 9.17) is 0 Å². The number of fused-ring (bicyclic) bond motifs is 1. The first-order valence-electron chi connectivity index (χ1n) is 6.68. The van der Waals surface area contributed by atoms with Gasteiger partial charge in [-0.15, -0.1) is 0 Å². The zero-order valence-electron chi connectivity index (χ0n) is 11.1. The molecule has 3 heteroatoms. The van der Waals surface area contributed by atoms with Crippen LogP contribution in [0.1, 0.15) is 38.2 Å². The maximum Gasteiger partial charge on any atom is 0.252 e. The molecule has 0 atom stereocenters. The average molecular weight is 244 g/mol. The Morgan fingerprint density at radius 3 is 2.83 bits per heavy atom. The van der Waals surface area contributed by atoms with Gasteiger partial charge in [-0.1, -0.05) is 26.2 Å². The van der Waals surface area contributed by atoms with Gasteiger partial charge < -0.3 is 0 Å². The average Bonchev–Trinajstić information content (AvgIpc) is 2.37. The SMILES string of the molecule is CCCCCCn1c(=O)ccc2cc(C)cnc21. The fourth-order valence-electron chi connectivity index (χ4n) is 2.20. The molecule has 18 heavy (non-hydrogen) atoms. The summed E-state index contributed by atoms with van der Waals surface area (Å²) in [6.07, 6.45) is 6.48. The lowest BCUT2D eigenvalue weighted by molar-refractivity contribution is 0.580. The van der Waals surface area contributed by atoms with Crippen molar-refractivity contribution in [3.8, 4) is 0 Å². The van der Waals surface area contributed by atoms with Gasteiger partial charge in [-0.2, -0.15) is 0 Å². The molecule has 0 aromatic carbocycles. The van der Waals surface area contributed by atoms with Crippen LogP contribution in [0.5, 0.6) is 0 Å². The summed E-state index contributed by atoms with van der Waals surface area (Å²) in [7, 11) is 0. The maximum absolute atomic E-state index is 11.9. The van der Waals surface area contributed by atoms with Crippen molar-refractivity contribution in [1.29, 1.82) is 0 Å². The van der Waals surface area contributed by atoms with Crippen molar-refractivity contribution in [3.05, 3.63) is 40.3 Å². The van der Waals surface area contributed by atoms with E-state index < -0.39 is 0 Å². The van der Waals surface area contributed by atoms with Gasteiger partial charge in [0.15, 0.2) is 0 Å². The molecule has 2 rings (SSSR count). The molecule has 0 N–H and O–H groups in total. The lowest BCUT2D eigenvalue weighted by atomic mass is 10.2. The molecule has 0 saturated heterocycles. The number of unbranched alkanes of at least 4 members (excludes halogenated alkanes) is 3. The molecule has 0 aliphatic rings. The van der Waals surface area contributed by atoms with E-state index in [0.717, 1.165) is 29.6 Å². The van der Waals surface area contributed by atoms with Gasteiger partial charge in [0.05, 0.1) is 0 Å². The Morgan fingerprint density at radius 1 is 1.22 bits per heavy atom. The molecule has 0 amide bonds. The Kier molecular flexibility index (Phi) is 4.13. The monoisotopic (exact) mass is 244 g/mol. The van der Waals surface area contributed by atoms with Crippen LogP contribution in [0.15, 0.2) is 29.2 Å². The lowest BCUT2D eigenvalue weighted by Gasteiger charge is -2.09. The van der Waals surface area contributed by atoms with Crippen molar-refractivity contribution < 1.29 is 0 Å². The second-order valence-corrected chi connectivity index (χ2v) is 4.81. The summed E-state index contributed by atoms with van der Waals surface area (Å²) < 4.78 is 1.80. The van der Waals surface area contributed by atoms with Crippen LogP contribution in [-0.4, -0.2) is 9.55 Å². The highest BCUT2D eigenvalue weighted by atomic mass is 16.1. The number of aromatic nitrogens is 2. The Balaban J connectivity index is 2.30. The summed E-state index contributed by atoms with van der Waals surface area (Å²) in [5.74, 6) is 0. The molecular formula is C15H20N2O. The minimum Gasteiger partial charge on any atom is -0.293 e. The van der Waals surface area contributed by atoms with Crippen molar-refractivity contribution in [2.45, 2.75) is 46.1 Å². The van der Waals surface area contributed by atoms with Crippen LogP contribution in [0, 0.1) is 6.92 Å². The van der Waals surface area contributed by atoms with Gasteiger partial charge in [-0.05, 0) is 31.0 Å². The molecular weight excluding hydrogens is 224 g/mol. The molecule has 3 nitrogen and oxygen atoms in total. The summed E-state index contributed by atoms with van der Waals surface area (Å²) in [6.45, 7) is 4.98. The van der Waals surface area contributed by atoms with Crippen LogP contribution in [0.4, 0.5) is 0 Å². The molecule has 0 spiro atoms. The normalized spacial score (nSPS) is 11.0. The summed E-state index contributed by atoms with van der Waals surface area (Å²) in [6, 6.07) is 5.58. The number of aryl methyl sites for hydroxylation is 2. The van der Waals surface area contributed by atoms with E-state index in [1.54, 1.807) is 10.6 Å². The van der Waals surface area contributed by atoms with Gasteiger partial charge in [0.25, 0.3) is 5.56 Å². The first-order chi connectivity index (χ1) is 8.72. The van der Waals surface area contributed by atoms with Gasteiger partial charge in [0.2, 0.25) is 0 Å². The zero-order chi connectivity index (χ0) is 13.0. The van der Waals surface area contributed by atoms with Gasteiger partial charge in [-0.25, -0.2) is 4.98 Å². The molecule has 96 valence electrons. The quantitative estimate of drug-likeness (QED) is 0.756. The van der Waals surface area contributed by atoms with E-state index in [-0.39, 0.29) is 5.56 Å². The summed E-state index contributed by atoms with van der Waals surface area (Å²) in [5, 5.41) is 1.05. The highest BCUT2D eigenvalue weighted by molar-refractivity contribution is 5.75. The van der Waals surface area contributed by atoms with E-state index in [1.165, 1.54) is 19.3 Å². The first kappa shape index (κ1) is 12.8. The van der Waals surface area contributed by atoms with Crippen molar-refractivity contribution in [2.24, 2.45) is 0 Å². The highest BCUT2D eigenvalue weighted by Crippen LogP contribution is 2.12. The van der Waals surface area contributed by atoms with Crippen molar-refractivity contribution in [2.75, 3.05) is 0 Å². The summed E-state index contributed by atoms with van der Waals surface area (Å²) in [5.41, 5.74) is 1.98. The molecule has 0 bridgehead atoms. The first-order valence-corrected chi connectivity index (χ1v) is 6.68. The second-order valence-electron chi connectivity index (χ2n) is 4.81. The van der Waals surface area contributed by atoms with E-state index in [2.05, 4.69) is 18.0 Å². The topological polar surface area (TPSA) is 34.9 Å². The smallest absolute Gasteiger partial charge is 0.252 e. The number of rotatable bonds is 5. The number of pyridine rings is 2. The fourth-order valence-corrected chi connectivity index (χ4v) is 2.20. The predicted molar refractivity (Wildman–Crippen MR) is 74.9 cm³/mol. The lowest BCUT2D eigenvalue weighted by Crippen LogP contribution is -2.20. The third-order valence-corrected chi connectivity index (χ3v) is 3.19. The molecule has 0 aliphatic carbocycles. The minimum atomic E-state index is 0.0513. The fraction of sp³-hybridized carbons (Fsp3) is 0.467. The number of hydrogen-bond donors (Lipinski definition) is 0. The summed E-state index contributed by atoms with van der Waals surface area (Å²) in [4.78, 5) is 16.3. The van der Waals surface area contributed by atoms with E-state index >= 15 is 0 Å². The Labute approximate surface area is 107 Å². The van der Waals surface area contributed by atoms with E-state index in [9.17, 15) is 4.79 Å². The van der Waals surface area contributed by atoms with Crippen molar-refractivity contribution >= 4 is 11.0 Å². The minimum absolute atomic E-state index is 0.0513. The van der Waals surface area contributed by atoms with Crippen LogP contribution in [-0.2, 0) is 6.54 Å². The van der Waals surface area contributed by atoms with Crippen molar-refractivity contribution in [1.82, 2.24) is 9.55 Å². The van der Waals surface area contributed by atoms with Crippen LogP contribution >= 0.6 is 0 Å². The van der Waals surface area contributed by atoms with E-state index in [0.29, 0.717) is 0 Å². The molecule has 2 aromatic rings. The van der Waals surface area contributed by atoms with Crippen LogP contribution in [0.3, 0.4) is 0 Å². The Morgan fingerprint density at radius 2 is 2.06 bits per heavy atom. The van der Waals surface area contributed by atoms with Crippen LogP contribution in [0.2, 0.25) is 0 Å². The third kappa shape index (κ3) is 2.78. The second kappa shape index (κ2) is 5.80. The van der Waals surface area contributed by atoms with Gasteiger partial charge in [0, 0.05) is 24.2 Å². The molecule has 2 heterocycles. The maximum atomic E-state index is 11.9. The van der Waals surface area contributed by atoms with Gasteiger partial charge >= 0.3 is 0 Å². The Bertz CT molecular complexity index is 587. The molecule has 0 saturated carbocycles. The molecule has 0 unspecified atom stereocenters. The third-order valence-electron chi connectivity index (χ3n) is 3.19. The molecule has 0 aliphatic heterocycles.